The van der Waals surface area contributed by atoms with Gasteiger partial charge in [0.1, 0.15) is 12.1 Å². The molecule has 15 heavy (non-hydrogen) atoms. The molecule has 6 heteroatoms. The van der Waals surface area contributed by atoms with Crippen LogP contribution < -0.4 is 10.6 Å². The molecule has 0 unspecified atom stereocenters. The molecule has 0 aliphatic carbocycles. The smallest absolute Gasteiger partial charge is 0.326 e. The number of carbonyl (C=O) groups excluding carboxylic acids is 2. The fraction of sp³-hybridized carbons (Fsp3) is 0.667. The highest BCUT2D eigenvalue weighted by atomic mass is 16.4. The molecule has 0 radical (unpaired) electrons. The van der Waals surface area contributed by atoms with Crippen LogP contribution in [0.15, 0.2) is 0 Å². The van der Waals surface area contributed by atoms with E-state index in [1.807, 2.05) is 0 Å². The van der Waals surface area contributed by atoms with Crippen LogP contribution in [0.1, 0.15) is 26.2 Å². The van der Waals surface area contributed by atoms with E-state index >= 15 is 0 Å². The van der Waals surface area contributed by atoms with E-state index in [9.17, 15) is 14.4 Å². The van der Waals surface area contributed by atoms with Crippen molar-refractivity contribution in [3.05, 3.63) is 0 Å². The Balaban J connectivity index is 2.47. The lowest BCUT2D eigenvalue weighted by Gasteiger charge is -2.15. The average Bonchev–Trinajstić information content (AvgIpc) is 2.60. The van der Waals surface area contributed by atoms with Crippen molar-refractivity contribution >= 4 is 17.8 Å². The van der Waals surface area contributed by atoms with Crippen LogP contribution in [0.3, 0.4) is 0 Å². The molecule has 84 valence electrons. The first-order valence-corrected chi connectivity index (χ1v) is 4.87. The molecule has 0 bridgehead atoms. The average molecular weight is 214 g/mol. The van der Waals surface area contributed by atoms with Crippen LogP contribution in [0.4, 0.5) is 0 Å². The van der Waals surface area contributed by atoms with Crippen LogP contribution in [0.5, 0.6) is 0 Å². The SMILES string of the molecule is CC[C@@H](NC(=O)[C@@H]1CCC(=O)N1)C(=O)O. The number of aliphatic carboxylic acids is 1. The van der Waals surface area contributed by atoms with Crippen molar-refractivity contribution in [3.8, 4) is 0 Å². The first-order chi connectivity index (χ1) is 7.04. The monoisotopic (exact) mass is 214 g/mol. The predicted octanol–water partition coefficient (Wildman–Crippen LogP) is -0.756. The van der Waals surface area contributed by atoms with Crippen LogP contribution in [0.25, 0.3) is 0 Å². The summed E-state index contributed by atoms with van der Waals surface area (Å²) in [6.45, 7) is 1.67. The highest BCUT2D eigenvalue weighted by molar-refractivity contribution is 5.92. The van der Waals surface area contributed by atoms with Crippen molar-refractivity contribution in [2.75, 3.05) is 0 Å². The molecule has 0 aromatic rings. The highest BCUT2D eigenvalue weighted by Gasteiger charge is 2.29. The van der Waals surface area contributed by atoms with E-state index < -0.39 is 24.0 Å². The van der Waals surface area contributed by atoms with Gasteiger partial charge in [0.05, 0.1) is 0 Å². The maximum atomic E-state index is 11.5. The summed E-state index contributed by atoms with van der Waals surface area (Å²) in [5.41, 5.74) is 0. The molecule has 3 N–H and O–H groups in total. The minimum atomic E-state index is -1.06. The van der Waals surface area contributed by atoms with Gasteiger partial charge >= 0.3 is 5.97 Å². The van der Waals surface area contributed by atoms with E-state index in [0.29, 0.717) is 19.3 Å². The summed E-state index contributed by atoms with van der Waals surface area (Å²) < 4.78 is 0. The number of rotatable bonds is 4. The summed E-state index contributed by atoms with van der Waals surface area (Å²) >= 11 is 0. The van der Waals surface area contributed by atoms with E-state index in [-0.39, 0.29) is 5.91 Å². The quantitative estimate of drug-likeness (QED) is 0.573. The van der Waals surface area contributed by atoms with Crippen molar-refractivity contribution in [1.29, 1.82) is 0 Å². The van der Waals surface area contributed by atoms with Gasteiger partial charge in [-0.2, -0.15) is 0 Å². The van der Waals surface area contributed by atoms with Gasteiger partial charge in [-0.25, -0.2) is 4.79 Å². The van der Waals surface area contributed by atoms with Gasteiger partial charge in [-0.1, -0.05) is 6.92 Å². The number of carbonyl (C=O) groups is 3. The lowest BCUT2D eigenvalue weighted by atomic mass is 10.1. The van der Waals surface area contributed by atoms with Gasteiger partial charge in [0.15, 0.2) is 0 Å². The molecule has 2 atom stereocenters. The Labute approximate surface area is 87.0 Å². The Kier molecular flexibility index (Phi) is 3.65. The third kappa shape index (κ3) is 2.93. The third-order valence-corrected chi connectivity index (χ3v) is 2.33. The number of hydrogen-bond acceptors (Lipinski definition) is 3. The number of nitrogens with one attached hydrogen (secondary N) is 2. The molecular formula is C9H14N2O4. The molecule has 1 aliphatic heterocycles. The summed E-state index contributed by atoms with van der Waals surface area (Å²) in [7, 11) is 0. The molecule has 0 aromatic heterocycles. The van der Waals surface area contributed by atoms with Crippen molar-refractivity contribution < 1.29 is 19.5 Å². The maximum absolute atomic E-state index is 11.5. The zero-order chi connectivity index (χ0) is 11.4. The number of amides is 2. The van der Waals surface area contributed by atoms with Gasteiger partial charge in [-0.15, -0.1) is 0 Å². The molecule has 0 aromatic carbocycles. The van der Waals surface area contributed by atoms with Gasteiger partial charge in [-0.05, 0) is 12.8 Å². The van der Waals surface area contributed by atoms with E-state index in [2.05, 4.69) is 10.6 Å². The molecule has 6 nitrogen and oxygen atoms in total. The summed E-state index contributed by atoms with van der Waals surface area (Å²) in [5, 5.41) is 13.6. The number of carboxylic acid groups (broad SMARTS) is 1. The summed E-state index contributed by atoms with van der Waals surface area (Å²) in [5.74, 6) is -1.65. The second-order valence-electron chi connectivity index (χ2n) is 3.47. The Morgan fingerprint density at radius 1 is 1.67 bits per heavy atom. The molecule has 1 aliphatic rings. The number of hydrogen-bond donors (Lipinski definition) is 3. The Morgan fingerprint density at radius 3 is 2.73 bits per heavy atom. The normalized spacial score (nSPS) is 21.9. The topological polar surface area (TPSA) is 95.5 Å². The molecular weight excluding hydrogens is 200 g/mol. The van der Waals surface area contributed by atoms with Crippen LogP contribution in [0.2, 0.25) is 0 Å². The van der Waals surface area contributed by atoms with E-state index in [1.54, 1.807) is 6.92 Å². The first-order valence-electron chi connectivity index (χ1n) is 4.87. The Morgan fingerprint density at radius 2 is 2.33 bits per heavy atom. The number of carboxylic acids is 1. The van der Waals surface area contributed by atoms with Crippen LogP contribution in [-0.2, 0) is 14.4 Å². The summed E-state index contributed by atoms with van der Waals surface area (Å²) in [6.07, 6.45) is 1.07. The zero-order valence-electron chi connectivity index (χ0n) is 8.45. The van der Waals surface area contributed by atoms with Crippen molar-refractivity contribution in [2.45, 2.75) is 38.3 Å². The molecule has 1 fully saturated rings. The fourth-order valence-corrected chi connectivity index (χ4v) is 1.42. The first kappa shape index (κ1) is 11.5. The molecule has 0 saturated carbocycles. The summed E-state index contributed by atoms with van der Waals surface area (Å²) in [4.78, 5) is 33.0. The van der Waals surface area contributed by atoms with Crippen LogP contribution >= 0.6 is 0 Å². The minimum absolute atomic E-state index is 0.168. The molecule has 1 heterocycles. The third-order valence-electron chi connectivity index (χ3n) is 2.33. The molecule has 0 spiro atoms. The van der Waals surface area contributed by atoms with E-state index in [1.165, 1.54) is 0 Å². The summed E-state index contributed by atoms with van der Waals surface area (Å²) in [6, 6.07) is -1.46. The molecule has 1 rings (SSSR count). The standard InChI is InChI=1S/C9H14N2O4/c1-2-5(9(14)15)11-8(13)6-3-4-7(12)10-6/h5-6H,2-4H2,1H3,(H,10,12)(H,11,13)(H,14,15)/t5-,6+/m1/s1. The highest BCUT2D eigenvalue weighted by Crippen LogP contribution is 2.06. The van der Waals surface area contributed by atoms with Gasteiger partial charge in [-0.3, -0.25) is 9.59 Å². The van der Waals surface area contributed by atoms with Crippen molar-refractivity contribution in [3.63, 3.8) is 0 Å². The predicted molar refractivity (Wildman–Crippen MR) is 51.0 cm³/mol. The van der Waals surface area contributed by atoms with E-state index in [4.69, 9.17) is 5.11 Å². The van der Waals surface area contributed by atoms with Gasteiger partial charge in [0.25, 0.3) is 0 Å². The van der Waals surface area contributed by atoms with Crippen molar-refractivity contribution in [2.24, 2.45) is 0 Å². The van der Waals surface area contributed by atoms with Gasteiger partial charge in [0, 0.05) is 6.42 Å². The Hall–Kier alpha value is -1.59. The molecule has 2 amide bonds. The maximum Gasteiger partial charge on any atom is 0.326 e. The van der Waals surface area contributed by atoms with Crippen LogP contribution in [-0.4, -0.2) is 35.0 Å². The van der Waals surface area contributed by atoms with E-state index in [0.717, 1.165) is 0 Å². The lowest BCUT2D eigenvalue weighted by molar-refractivity contribution is -0.142. The minimum Gasteiger partial charge on any atom is -0.480 e. The van der Waals surface area contributed by atoms with Gasteiger partial charge < -0.3 is 15.7 Å². The fourth-order valence-electron chi connectivity index (χ4n) is 1.42. The van der Waals surface area contributed by atoms with Crippen LogP contribution in [0, 0.1) is 0 Å². The molecule has 1 saturated heterocycles. The van der Waals surface area contributed by atoms with Gasteiger partial charge in [0.2, 0.25) is 11.8 Å². The Bertz CT molecular complexity index is 290. The van der Waals surface area contributed by atoms with Crippen molar-refractivity contribution in [1.82, 2.24) is 10.6 Å². The largest absolute Gasteiger partial charge is 0.480 e. The second kappa shape index (κ2) is 4.77. The second-order valence-corrected chi connectivity index (χ2v) is 3.47. The lowest BCUT2D eigenvalue weighted by Crippen LogP contribution is -2.48. The zero-order valence-corrected chi connectivity index (χ0v) is 8.45.